The number of carbonyl (C=O) groups is 1. The molecule has 0 saturated carbocycles. The van der Waals surface area contributed by atoms with E-state index in [1.807, 2.05) is 32.6 Å². The molecule has 1 aliphatic heterocycles. The molecule has 0 aromatic rings. The summed E-state index contributed by atoms with van der Waals surface area (Å²) in [6.45, 7) is 10.2. The zero-order valence-electron chi connectivity index (χ0n) is 13.0. The SMILES string of the molecule is CC(CN)N(C(=O)OC(C)(C)C)C1CCN(C)CC1. The van der Waals surface area contributed by atoms with Crippen molar-refractivity contribution < 1.29 is 9.53 Å². The lowest BCUT2D eigenvalue weighted by molar-refractivity contribution is -0.000143. The predicted molar refractivity (Wildman–Crippen MR) is 77.1 cm³/mol. The average molecular weight is 271 g/mol. The summed E-state index contributed by atoms with van der Waals surface area (Å²) in [5, 5.41) is 0. The minimum absolute atomic E-state index is 0.0169. The third kappa shape index (κ3) is 4.99. The lowest BCUT2D eigenvalue weighted by Crippen LogP contribution is -2.53. The molecule has 0 bridgehead atoms. The van der Waals surface area contributed by atoms with E-state index in [9.17, 15) is 4.79 Å². The quantitative estimate of drug-likeness (QED) is 0.848. The predicted octanol–water partition coefficient (Wildman–Crippen LogP) is 1.66. The van der Waals surface area contributed by atoms with Crippen molar-refractivity contribution in [1.29, 1.82) is 0 Å². The van der Waals surface area contributed by atoms with Crippen molar-refractivity contribution in [1.82, 2.24) is 9.80 Å². The highest BCUT2D eigenvalue weighted by Crippen LogP contribution is 2.21. The maximum absolute atomic E-state index is 12.4. The van der Waals surface area contributed by atoms with Gasteiger partial charge in [0.1, 0.15) is 5.60 Å². The van der Waals surface area contributed by atoms with Gasteiger partial charge in [0.15, 0.2) is 0 Å². The maximum Gasteiger partial charge on any atom is 0.410 e. The van der Waals surface area contributed by atoms with Gasteiger partial charge in [0.05, 0.1) is 0 Å². The molecule has 1 fully saturated rings. The molecule has 1 heterocycles. The lowest BCUT2D eigenvalue weighted by atomic mass is 10.0. The number of nitrogens with two attached hydrogens (primary N) is 1. The van der Waals surface area contributed by atoms with Gasteiger partial charge in [0.2, 0.25) is 0 Å². The van der Waals surface area contributed by atoms with Gasteiger partial charge in [-0.15, -0.1) is 0 Å². The number of nitrogens with zero attached hydrogens (tertiary/aromatic N) is 2. The van der Waals surface area contributed by atoms with Crippen LogP contribution in [0.15, 0.2) is 0 Å². The standard InChI is InChI=1S/C14H29N3O2/c1-11(10-15)17(13(18)19-14(2,3)4)12-6-8-16(5)9-7-12/h11-12H,6-10,15H2,1-5H3. The Balaban J connectivity index is 2.74. The molecule has 112 valence electrons. The Kier molecular flexibility index (Phi) is 5.62. The monoisotopic (exact) mass is 271 g/mol. The summed E-state index contributed by atoms with van der Waals surface area (Å²) in [4.78, 5) is 16.5. The highest BCUT2D eigenvalue weighted by molar-refractivity contribution is 5.69. The average Bonchev–Trinajstić information content (AvgIpc) is 2.29. The summed E-state index contributed by atoms with van der Waals surface area (Å²) >= 11 is 0. The van der Waals surface area contributed by atoms with E-state index in [2.05, 4.69) is 11.9 Å². The summed E-state index contributed by atoms with van der Waals surface area (Å²) in [6, 6.07) is 0.257. The molecular weight excluding hydrogens is 242 g/mol. The molecule has 0 aliphatic carbocycles. The van der Waals surface area contributed by atoms with Gasteiger partial charge in [-0.2, -0.15) is 0 Å². The first-order chi connectivity index (χ1) is 8.74. The van der Waals surface area contributed by atoms with Crippen LogP contribution in [0, 0.1) is 0 Å². The number of piperidine rings is 1. The Bertz CT molecular complexity index is 294. The summed E-state index contributed by atoms with van der Waals surface area (Å²) in [5.74, 6) is 0. The summed E-state index contributed by atoms with van der Waals surface area (Å²) in [5.41, 5.74) is 5.29. The number of hydrogen-bond acceptors (Lipinski definition) is 4. The Morgan fingerprint density at radius 2 is 1.95 bits per heavy atom. The van der Waals surface area contributed by atoms with Gasteiger partial charge >= 0.3 is 6.09 Å². The summed E-state index contributed by atoms with van der Waals surface area (Å²) in [6.07, 6.45) is 1.74. The van der Waals surface area contributed by atoms with Crippen LogP contribution in [0.25, 0.3) is 0 Å². The van der Waals surface area contributed by atoms with Crippen LogP contribution in [-0.2, 0) is 4.74 Å². The largest absolute Gasteiger partial charge is 0.444 e. The van der Waals surface area contributed by atoms with Gasteiger partial charge in [0, 0.05) is 18.6 Å². The minimum Gasteiger partial charge on any atom is -0.444 e. The fourth-order valence-electron chi connectivity index (χ4n) is 2.39. The van der Waals surface area contributed by atoms with Crippen LogP contribution in [-0.4, -0.2) is 60.3 Å². The molecular formula is C14H29N3O2. The van der Waals surface area contributed by atoms with Gasteiger partial charge in [0.25, 0.3) is 0 Å². The lowest BCUT2D eigenvalue weighted by Gasteiger charge is -2.40. The molecule has 0 spiro atoms. The van der Waals surface area contributed by atoms with Crippen LogP contribution in [0.1, 0.15) is 40.5 Å². The van der Waals surface area contributed by atoms with Gasteiger partial charge in [-0.25, -0.2) is 4.79 Å². The van der Waals surface area contributed by atoms with Crippen LogP contribution in [0.5, 0.6) is 0 Å². The highest BCUT2D eigenvalue weighted by atomic mass is 16.6. The van der Waals surface area contributed by atoms with Crippen LogP contribution < -0.4 is 5.73 Å². The van der Waals surface area contributed by atoms with Crippen molar-refractivity contribution in [2.75, 3.05) is 26.7 Å². The molecule has 1 unspecified atom stereocenters. The van der Waals surface area contributed by atoms with Crippen molar-refractivity contribution in [3.8, 4) is 0 Å². The number of ether oxygens (including phenoxy) is 1. The van der Waals surface area contributed by atoms with Crippen molar-refractivity contribution in [2.24, 2.45) is 5.73 Å². The normalized spacial score (nSPS) is 20.1. The van der Waals surface area contributed by atoms with E-state index in [-0.39, 0.29) is 18.2 Å². The third-order valence-corrected chi connectivity index (χ3v) is 3.50. The molecule has 1 saturated heterocycles. The second kappa shape index (κ2) is 6.57. The van der Waals surface area contributed by atoms with Gasteiger partial charge in [-0.3, -0.25) is 0 Å². The molecule has 1 aliphatic rings. The fraction of sp³-hybridized carbons (Fsp3) is 0.929. The zero-order valence-corrected chi connectivity index (χ0v) is 13.0. The summed E-state index contributed by atoms with van der Waals surface area (Å²) < 4.78 is 5.52. The van der Waals surface area contributed by atoms with Crippen LogP contribution in [0.2, 0.25) is 0 Å². The molecule has 5 nitrogen and oxygen atoms in total. The van der Waals surface area contributed by atoms with Crippen molar-refractivity contribution in [3.63, 3.8) is 0 Å². The Morgan fingerprint density at radius 3 is 2.37 bits per heavy atom. The Labute approximate surface area is 117 Å². The van der Waals surface area contributed by atoms with E-state index >= 15 is 0 Å². The van der Waals surface area contributed by atoms with Gasteiger partial charge < -0.3 is 20.3 Å². The maximum atomic E-state index is 12.4. The van der Waals surface area contributed by atoms with Crippen LogP contribution in [0.3, 0.4) is 0 Å². The third-order valence-electron chi connectivity index (χ3n) is 3.50. The molecule has 2 N–H and O–H groups in total. The second-order valence-electron chi connectivity index (χ2n) is 6.51. The molecule has 0 aromatic heterocycles. The molecule has 1 rings (SSSR count). The van der Waals surface area contributed by atoms with Crippen molar-refractivity contribution in [3.05, 3.63) is 0 Å². The van der Waals surface area contributed by atoms with Crippen molar-refractivity contribution in [2.45, 2.75) is 58.2 Å². The minimum atomic E-state index is -0.463. The van der Waals surface area contributed by atoms with Crippen LogP contribution >= 0.6 is 0 Å². The smallest absolute Gasteiger partial charge is 0.410 e. The fourth-order valence-corrected chi connectivity index (χ4v) is 2.39. The first kappa shape index (κ1) is 16.2. The van der Waals surface area contributed by atoms with E-state index in [1.54, 1.807) is 0 Å². The van der Waals surface area contributed by atoms with E-state index in [0.717, 1.165) is 25.9 Å². The molecule has 5 heteroatoms. The number of rotatable bonds is 3. The van der Waals surface area contributed by atoms with E-state index in [0.29, 0.717) is 6.54 Å². The highest BCUT2D eigenvalue weighted by Gasteiger charge is 2.33. The van der Waals surface area contributed by atoms with Gasteiger partial charge in [-0.1, -0.05) is 0 Å². The molecule has 1 amide bonds. The molecule has 1 atom stereocenters. The first-order valence-corrected chi connectivity index (χ1v) is 7.14. The number of hydrogen-bond donors (Lipinski definition) is 1. The van der Waals surface area contributed by atoms with E-state index in [1.165, 1.54) is 0 Å². The van der Waals surface area contributed by atoms with E-state index in [4.69, 9.17) is 10.5 Å². The molecule has 19 heavy (non-hydrogen) atoms. The van der Waals surface area contributed by atoms with Crippen LogP contribution in [0.4, 0.5) is 4.79 Å². The Morgan fingerprint density at radius 1 is 1.42 bits per heavy atom. The Hall–Kier alpha value is -0.810. The zero-order chi connectivity index (χ0) is 14.6. The topological polar surface area (TPSA) is 58.8 Å². The van der Waals surface area contributed by atoms with E-state index < -0.39 is 5.60 Å². The second-order valence-corrected chi connectivity index (χ2v) is 6.51. The molecule has 0 aromatic carbocycles. The molecule has 0 radical (unpaired) electrons. The van der Waals surface area contributed by atoms with Crippen molar-refractivity contribution >= 4 is 6.09 Å². The first-order valence-electron chi connectivity index (χ1n) is 7.14. The number of likely N-dealkylation sites (tertiary alicyclic amines) is 1. The number of carbonyl (C=O) groups excluding carboxylic acids is 1. The number of amides is 1. The van der Waals surface area contributed by atoms with Gasteiger partial charge in [-0.05, 0) is 60.7 Å². The summed E-state index contributed by atoms with van der Waals surface area (Å²) in [7, 11) is 2.11.